The average molecular weight is 513 g/mol. The Morgan fingerprint density at radius 3 is 2.42 bits per heavy atom. The van der Waals surface area contributed by atoms with Crippen molar-refractivity contribution in [1.29, 1.82) is 0 Å². The molecule has 2 saturated heterocycles. The zero-order valence-corrected chi connectivity index (χ0v) is 21.2. The molecule has 3 aromatic rings. The van der Waals surface area contributed by atoms with Crippen molar-refractivity contribution in [2.45, 2.75) is 44.8 Å². The van der Waals surface area contributed by atoms with Crippen molar-refractivity contribution < 1.29 is 4.42 Å². The third kappa shape index (κ3) is 5.18. The van der Waals surface area contributed by atoms with Gasteiger partial charge >= 0.3 is 6.01 Å². The highest BCUT2D eigenvalue weighted by Gasteiger charge is 2.34. The first-order valence-corrected chi connectivity index (χ1v) is 12.8. The topological polar surface area (TPSA) is 152 Å². The number of likely N-dealkylation sites (tertiary alicyclic amines) is 1. The fourth-order valence-corrected chi connectivity index (χ4v) is 5.55. The molecule has 0 spiro atoms. The van der Waals surface area contributed by atoms with E-state index in [4.69, 9.17) is 33.2 Å². The number of piperidine rings is 1. The van der Waals surface area contributed by atoms with Crippen LogP contribution in [0.15, 0.2) is 28.7 Å². The minimum Gasteiger partial charge on any atom is -0.402 e. The van der Waals surface area contributed by atoms with Crippen molar-refractivity contribution >= 4 is 34.9 Å². The zero-order valence-electron chi connectivity index (χ0n) is 20.5. The molecule has 36 heavy (non-hydrogen) atoms. The molecular weight excluding hydrogens is 480 g/mol. The maximum Gasteiger partial charge on any atom is 0.313 e. The summed E-state index contributed by atoms with van der Waals surface area (Å²) in [5.41, 5.74) is 19.9. The SMILES string of the molecule is CC[C@H]1CN(c2nc(N)c(-c3nnc(N)o3)nc2Cl)CCN1C1CCN(Cc2ccc(N)cc2)CC1. The van der Waals surface area contributed by atoms with Crippen LogP contribution < -0.4 is 22.1 Å². The Bertz CT molecular complexity index is 1180. The molecular formula is C24H33ClN10O. The lowest BCUT2D eigenvalue weighted by Crippen LogP contribution is -2.58. The highest BCUT2D eigenvalue weighted by Crippen LogP contribution is 2.32. The summed E-state index contributed by atoms with van der Waals surface area (Å²) in [6.45, 7) is 7.99. The van der Waals surface area contributed by atoms with E-state index in [-0.39, 0.29) is 28.6 Å². The van der Waals surface area contributed by atoms with Gasteiger partial charge in [-0.25, -0.2) is 9.97 Å². The van der Waals surface area contributed by atoms with Gasteiger partial charge in [0.2, 0.25) is 0 Å². The third-order valence-electron chi connectivity index (χ3n) is 7.22. The Kier molecular flexibility index (Phi) is 7.13. The molecule has 2 aromatic heterocycles. The Balaban J connectivity index is 1.21. The molecule has 192 valence electrons. The largest absolute Gasteiger partial charge is 0.402 e. The van der Waals surface area contributed by atoms with Gasteiger partial charge in [-0.2, -0.15) is 0 Å². The first kappa shape index (κ1) is 24.5. The quantitative estimate of drug-likeness (QED) is 0.417. The van der Waals surface area contributed by atoms with Crippen LogP contribution in [0.5, 0.6) is 0 Å². The molecule has 0 amide bonds. The molecule has 0 aliphatic carbocycles. The van der Waals surface area contributed by atoms with Crippen molar-refractivity contribution in [1.82, 2.24) is 30.0 Å². The minimum absolute atomic E-state index is 0.0654. The molecule has 1 atom stereocenters. The van der Waals surface area contributed by atoms with E-state index in [1.165, 1.54) is 18.4 Å². The summed E-state index contributed by atoms with van der Waals surface area (Å²) in [5, 5.41) is 7.75. The van der Waals surface area contributed by atoms with Gasteiger partial charge in [0.25, 0.3) is 5.89 Å². The maximum absolute atomic E-state index is 6.54. The number of nitrogen functional groups attached to an aromatic ring is 3. The number of benzene rings is 1. The molecule has 4 heterocycles. The lowest BCUT2D eigenvalue weighted by molar-refractivity contribution is 0.0610. The van der Waals surface area contributed by atoms with E-state index in [2.05, 4.69) is 53.9 Å². The second-order valence-corrected chi connectivity index (χ2v) is 9.87. The monoisotopic (exact) mass is 512 g/mol. The predicted molar refractivity (Wildman–Crippen MR) is 141 cm³/mol. The molecule has 0 saturated carbocycles. The molecule has 0 unspecified atom stereocenters. The Morgan fingerprint density at radius 1 is 1.00 bits per heavy atom. The van der Waals surface area contributed by atoms with Gasteiger partial charge in [0.05, 0.1) is 0 Å². The molecule has 2 fully saturated rings. The lowest BCUT2D eigenvalue weighted by Gasteiger charge is -2.47. The number of hydrogen-bond donors (Lipinski definition) is 3. The van der Waals surface area contributed by atoms with Crippen LogP contribution in [-0.4, -0.2) is 74.8 Å². The van der Waals surface area contributed by atoms with E-state index >= 15 is 0 Å². The van der Waals surface area contributed by atoms with E-state index in [1.54, 1.807) is 0 Å². The number of nitrogens with two attached hydrogens (primary N) is 3. The first-order valence-electron chi connectivity index (χ1n) is 12.4. The smallest absolute Gasteiger partial charge is 0.313 e. The lowest BCUT2D eigenvalue weighted by atomic mass is 9.98. The summed E-state index contributed by atoms with van der Waals surface area (Å²) in [5.74, 6) is 0.869. The van der Waals surface area contributed by atoms with Gasteiger partial charge in [0, 0.05) is 44.0 Å². The van der Waals surface area contributed by atoms with Gasteiger partial charge in [0.15, 0.2) is 22.5 Å². The first-order chi connectivity index (χ1) is 17.4. The molecule has 12 heteroatoms. The normalized spacial score (nSPS) is 20.2. The second kappa shape index (κ2) is 10.5. The van der Waals surface area contributed by atoms with Gasteiger partial charge in [-0.1, -0.05) is 35.8 Å². The van der Waals surface area contributed by atoms with Crippen LogP contribution >= 0.6 is 11.6 Å². The van der Waals surface area contributed by atoms with Crippen LogP contribution in [0.3, 0.4) is 0 Å². The second-order valence-electron chi connectivity index (χ2n) is 9.51. The number of piperazine rings is 1. The molecule has 2 aliphatic rings. The molecule has 6 N–H and O–H groups in total. The number of aromatic nitrogens is 4. The van der Waals surface area contributed by atoms with E-state index in [0.29, 0.717) is 17.9 Å². The Hall–Kier alpha value is -3.15. The predicted octanol–water partition coefficient (Wildman–Crippen LogP) is 2.49. The van der Waals surface area contributed by atoms with Crippen molar-refractivity contribution in [3.8, 4) is 11.6 Å². The molecule has 1 aromatic carbocycles. The van der Waals surface area contributed by atoms with Gasteiger partial charge < -0.3 is 26.5 Å². The molecule has 2 aliphatic heterocycles. The van der Waals surface area contributed by atoms with Crippen LogP contribution in [0.2, 0.25) is 5.15 Å². The van der Waals surface area contributed by atoms with Crippen molar-refractivity contribution in [2.75, 3.05) is 54.8 Å². The zero-order chi connectivity index (χ0) is 25.2. The molecule has 0 radical (unpaired) electrons. The highest BCUT2D eigenvalue weighted by atomic mass is 35.5. The van der Waals surface area contributed by atoms with Crippen LogP contribution in [0.4, 0.5) is 23.3 Å². The third-order valence-corrected chi connectivity index (χ3v) is 7.47. The van der Waals surface area contributed by atoms with Crippen molar-refractivity contribution in [3.05, 3.63) is 35.0 Å². The fraction of sp³-hybridized carbons (Fsp3) is 0.500. The fourth-order valence-electron chi connectivity index (χ4n) is 5.30. The van der Waals surface area contributed by atoms with Gasteiger partial charge in [-0.3, -0.25) is 9.80 Å². The Morgan fingerprint density at radius 2 is 1.75 bits per heavy atom. The van der Waals surface area contributed by atoms with E-state index in [1.807, 2.05) is 12.1 Å². The van der Waals surface area contributed by atoms with Crippen LogP contribution in [0, 0.1) is 0 Å². The van der Waals surface area contributed by atoms with Gasteiger partial charge in [-0.05, 0) is 50.0 Å². The van der Waals surface area contributed by atoms with Crippen molar-refractivity contribution in [2.24, 2.45) is 0 Å². The number of rotatable bonds is 6. The minimum atomic E-state index is -0.0654. The van der Waals surface area contributed by atoms with Crippen molar-refractivity contribution in [3.63, 3.8) is 0 Å². The van der Waals surface area contributed by atoms with Crippen LogP contribution in [-0.2, 0) is 6.54 Å². The summed E-state index contributed by atoms with van der Waals surface area (Å²) < 4.78 is 5.24. The van der Waals surface area contributed by atoms with E-state index < -0.39 is 0 Å². The van der Waals surface area contributed by atoms with Gasteiger partial charge in [-0.15, -0.1) is 5.10 Å². The average Bonchev–Trinajstić information content (AvgIpc) is 3.32. The van der Waals surface area contributed by atoms with Crippen LogP contribution in [0.25, 0.3) is 11.6 Å². The van der Waals surface area contributed by atoms with E-state index in [0.717, 1.165) is 51.4 Å². The number of hydrogen-bond acceptors (Lipinski definition) is 11. The maximum atomic E-state index is 6.54. The summed E-state index contributed by atoms with van der Waals surface area (Å²) in [4.78, 5) is 16.3. The molecule has 0 bridgehead atoms. The standard InChI is InChI=1S/C24H33ClN10O/c1-2-17-14-34(22-20(25)29-19(21(27)30-22)23-31-32-24(28)36-23)11-12-35(17)18-7-9-33(10-8-18)13-15-3-5-16(26)6-4-15/h3-6,17-18H,2,7-14,26H2,1H3,(H2,27,30)(H2,28,32)/t17-/m0/s1. The summed E-state index contributed by atoms with van der Waals surface area (Å²) >= 11 is 6.54. The van der Waals surface area contributed by atoms with E-state index in [9.17, 15) is 0 Å². The summed E-state index contributed by atoms with van der Waals surface area (Å²) in [7, 11) is 0. The summed E-state index contributed by atoms with van der Waals surface area (Å²) in [6.07, 6.45) is 3.38. The molecule has 5 rings (SSSR count). The number of halogens is 1. The number of anilines is 4. The molecule has 11 nitrogen and oxygen atoms in total. The highest BCUT2D eigenvalue weighted by molar-refractivity contribution is 6.32. The number of nitrogens with zero attached hydrogens (tertiary/aromatic N) is 7. The Labute approximate surface area is 215 Å². The van der Waals surface area contributed by atoms with Gasteiger partial charge in [0.1, 0.15) is 0 Å². The summed E-state index contributed by atoms with van der Waals surface area (Å²) in [6, 6.07) is 9.12. The van der Waals surface area contributed by atoms with Crippen LogP contribution in [0.1, 0.15) is 31.7 Å².